The van der Waals surface area contributed by atoms with Crippen LogP contribution in [0.5, 0.6) is 0 Å². The monoisotopic (exact) mass is 233 g/mol. The quantitative estimate of drug-likeness (QED) is 0.861. The minimum Gasteiger partial charge on any atom is -0.376 e. The molecular formula is C14H19NO2. The molecule has 1 aromatic carbocycles. The van der Waals surface area contributed by atoms with Crippen LogP contribution in [0.2, 0.25) is 0 Å². The van der Waals surface area contributed by atoms with Crippen molar-refractivity contribution in [3.63, 3.8) is 0 Å². The minimum atomic E-state index is 0.0735. The summed E-state index contributed by atoms with van der Waals surface area (Å²) in [5, 5.41) is 2.92. The molecule has 2 rings (SSSR count). The lowest BCUT2D eigenvalue weighted by Crippen LogP contribution is -2.32. The fourth-order valence-corrected chi connectivity index (χ4v) is 1.99. The first-order chi connectivity index (χ1) is 8.24. The number of carbonyl (C=O) groups excluding carboxylic acids is 1. The molecule has 0 unspecified atom stereocenters. The maximum Gasteiger partial charge on any atom is 0.224 e. The van der Waals surface area contributed by atoms with Gasteiger partial charge in [0.15, 0.2) is 0 Å². The van der Waals surface area contributed by atoms with Crippen LogP contribution in [0.15, 0.2) is 24.3 Å². The van der Waals surface area contributed by atoms with Crippen LogP contribution in [-0.4, -0.2) is 25.2 Å². The number of amides is 1. The second kappa shape index (κ2) is 5.82. The number of hydrogen-bond acceptors (Lipinski definition) is 2. The number of benzene rings is 1. The summed E-state index contributed by atoms with van der Waals surface area (Å²) in [6, 6.07) is 8.06. The summed E-state index contributed by atoms with van der Waals surface area (Å²) in [6.07, 6.45) is 2.84. The highest BCUT2D eigenvalue weighted by Gasteiger charge is 2.15. The molecule has 0 bridgehead atoms. The van der Waals surface area contributed by atoms with Crippen molar-refractivity contribution in [1.82, 2.24) is 5.32 Å². The summed E-state index contributed by atoms with van der Waals surface area (Å²) in [6.45, 7) is 3.52. The number of carbonyl (C=O) groups is 1. The predicted molar refractivity (Wildman–Crippen MR) is 66.9 cm³/mol. The van der Waals surface area contributed by atoms with Crippen LogP contribution in [0.1, 0.15) is 24.0 Å². The van der Waals surface area contributed by atoms with Crippen LogP contribution in [0.4, 0.5) is 0 Å². The molecule has 0 radical (unpaired) electrons. The van der Waals surface area contributed by atoms with E-state index in [1.165, 1.54) is 5.56 Å². The van der Waals surface area contributed by atoms with Gasteiger partial charge >= 0.3 is 0 Å². The maximum atomic E-state index is 11.7. The third-order valence-corrected chi connectivity index (χ3v) is 3.04. The third-order valence-electron chi connectivity index (χ3n) is 3.04. The molecule has 3 heteroatoms. The zero-order valence-corrected chi connectivity index (χ0v) is 10.2. The Balaban J connectivity index is 1.74. The van der Waals surface area contributed by atoms with Crippen molar-refractivity contribution in [2.24, 2.45) is 0 Å². The second-order valence-electron chi connectivity index (χ2n) is 4.60. The molecule has 1 amide bonds. The molecule has 1 aliphatic rings. The minimum absolute atomic E-state index is 0.0735. The summed E-state index contributed by atoms with van der Waals surface area (Å²) in [5.41, 5.74) is 2.27. The topological polar surface area (TPSA) is 38.3 Å². The van der Waals surface area contributed by atoms with E-state index in [-0.39, 0.29) is 12.0 Å². The predicted octanol–water partition coefficient (Wildman–Crippen LogP) is 1.83. The maximum absolute atomic E-state index is 11.7. The van der Waals surface area contributed by atoms with Crippen molar-refractivity contribution >= 4 is 5.91 Å². The van der Waals surface area contributed by atoms with Crippen LogP contribution in [0.3, 0.4) is 0 Å². The van der Waals surface area contributed by atoms with Crippen molar-refractivity contribution in [3.05, 3.63) is 35.4 Å². The molecule has 1 aliphatic heterocycles. The largest absolute Gasteiger partial charge is 0.376 e. The number of hydrogen-bond donors (Lipinski definition) is 1. The van der Waals surface area contributed by atoms with Crippen molar-refractivity contribution < 1.29 is 9.53 Å². The Bertz CT molecular complexity index is 366. The standard InChI is InChI=1S/C14H19NO2/c1-11-4-6-12(7-5-11)9-14(16)15-10-13-3-2-8-17-13/h4-7,13H,2-3,8-10H2,1H3,(H,15,16)/t13-/m1/s1. The van der Waals surface area contributed by atoms with Crippen LogP contribution in [0.25, 0.3) is 0 Å². The van der Waals surface area contributed by atoms with Gasteiger partial charge in [-0.2, -0.15) is 0 Å². The zero-order chi connectivity index (χ0) is 12.1. The zero-order valence-electron chi connectivity index (χ0n) is 10.2. The van der Waals surface area contributed by atoms with Gasteiger partial charge in [-0.25, -0.2) is 0 Å². The third kappa shape index (κ3) is 3.86. The highest BCUT2D eigenvalue weighted by molar-refractivity contribution is 5.78. The van der Waals surface area contributed by atoms with E-state index in [1.54, 1.807) is 0 Å². The Morgan fingerprint density at radius 2 is 2.18 bits per heavy atom. The SMILES string of the molecule is Cc1ccc(CC(=O)NC[C@H]2CCCO2)cc1. The smallest absolute Gasteiger partial charge is 0.224 e. The van der Waals surface area contributed by atoms with E-state index < -0.39 is 0 Å². The Morgan fingerprint density at radius 3 is 2.82 bits per heavy atom. The first-order valence-corrected chi connectivity index (χ1v) is 6.18. The molecule has 1 aromatic rings. The van der Waals surface area contributed by atoms with Crippen LogP contribution < -0.4 is 5.32 Å². The van der Waals surface area contributed by atoms with E-state index in [1.807, 2.05) is 31.2 Å². The van der Waals surface area contributed by atoms with Crippen LogP contribution in [0, 0.1) is 6.92 Å². The number of rotatable bonds is 4. The van der Waals surface area contributed by atoms with Gasteiger partial charge in [-0.15, -0.1) is 0 Å². The van der Waals surface area contributed by atoms with Gasteiger partial charge in [0.2, 0.25) is 5.91 Å². The lowest BCUT2D eigenvalue weighted by atomic mass is 10.1. The van der Waals surface area contributed by atoms with E-state index in [9.17, 15) is 4.79 Å². The van der Waals surface area contributed by atoms with Gasteiger partial charge in [-0.1, -0.05) is 29.8 Å². The first-order valence-electron chi connectivity index (χ1n) is 6.18. The van der Waals surface area contributed by atoms with E-state index >= 15 is 0 Å². The average molecular weight is 233 g/mol. The molecule has 0 aromatic heterocycles. The highest BCUT2D eigenvalue weighted by Crippen LogP contribution is 2.10. The Labute approximate surface area is 102 Å². The van der Waals surface area contributed by atoms with Gasteiger partial charge in [0.25, 0.3) is 0 Å². The van der Waals surface area contributed by atoms with E-state index in [0.29, 0.717) is 13.0 Å². The Kier molecular flexibility index (Phi) is 4.15. The summed E-state index contributed by atoms with van der Waals surface area (Å²) < 4.78 is 5.45. The number of ether oxygens (including phenoxy) is 1. The molecule has 1 N–H and O–H groups in total. The molecule has 1 heterocycles. The summed E-state index contributed by atoms with van der Waals surface area (Å²) in [7, 11) is 0. The van der Waals surface area contributed by atoms with Crippen molar-refractivity contribution in [1.29, 1.82) is 0 Å². The van der Waals surface area contributed by atoms with Crippen molar-refractivity contribution in [2.45, 2.75) is 32.3 Å². The number of nitrogens with one attached hydrogen (secondary N) is 1. The second-order valence-corrected chi connectivity index (χ2v) is 4.60. The fraction of sp³-hybridized carbons (Fsp3) is 0.500. The van der Waals surface area contributed by atoms with Gasteiger partial charge in [-0.3, -0.25) is 4.79 Å². The fourth-order valence-electron chi connectivity index (χ4n) is 1.99. The van der Waals surface area contributed by atoms with Gasteiger partial charge in [0.1, 0.15) is 0 Å². The van der Waals surface area contributed by atoms with Gasteiger partial charge in [0, 0.05) is 13.2 Å². The summed E-state index contributed by atoms with van der Waals surface area (Å²) >= 11 is 0. The van der Waals surface area contributed by atoms with E-state index in [4.69, 9.17) is 4.74 Å². The molecular weight excluding hydrogens is 214 g/mol. The molecule has 1 saturated heterocycles. The van der Waals surface area contributed by atoms with Crippen LogP contribution in [-0.2, 0) is 16.0 Å². The summed E-state index contributed by atoms with van der Waals surface area (Å²) in [4.78, 5) is 11.7. The highest BCUT2D eigenvalue weighted by atomic mass is 16.5. The van der Waals surface area contributed by atoms with Gasteiger partial charge < -0.3 is 10.1 Å². The molecule has 0 aliphatic carbocycles. The molecule has 92 valence electrons. The first kappa shape index (κ1) is 12.1. The molecule has 1 atom stereocenters. The molecule has 0 spiro atoms. The lowest BCUT2D eigenvalue weighted by molar-refractivity contribution is -0.120. The Morgan fingerprint density at radius 1 is 1.41 bits per heavy atom. The van der Waals surface area contributed by atoms with Gasteiger partial charge in [-0.05, 0) is 25.3 Å². The van der Waals surface area contributed by atoms with E-state index in [2.05, 4.69) is 5.32 Å². The summed E-state index contributed by atoms with van der Waals surface area (Å²) in [5.74, 6) is 0.0735. The van der Waals surface area contributed by atoms with Crippen molar-refractivity contribution in [2.75, 3.05) is 13.2 Å². The Hall–Kier alpha value is -1.35. The number of aryl methyl sites for hydroxylation is 1. The lowest BCUT2D eigenvalue weighted by Gasteiger charge is -2.10. The van der Waals surface area contributed by atoms with E-state index in [0.717, 1.165) is 25.0 Å². The van der Waals surface area contributed by atoms with Gasteiger partial charge in [0.05, 0.1) is 12.5 Å². The average Bonchev–Trinajstić information content (AvgIpc) is 2.83. The molecule has 0 saturated carbocycles. The normalized spacial score (nSPS) is 19.2. The molecule has 1 fully saturated rings. The van der Waals surface area contributed by atoms with Crippen LogP contribution >= 0.6 is 0 Å². The molecule has 3 nitrogen and oxygen atoms in total. The molecule has 17 heavy (non-hydrogen) atoms. The van der Waals surface area contributed by atoms with Crippen molar-refractivity contribution in [3.8, 4) is 0 Å².